The van der Waals surface area contributed by atoms with Crippen LogP contribution in [0.4, 0.5) is 0 Å². The van der Waals surface area contributed by atoms with Crippen LogP contribution >= 0.6 is 0 Å². The first-order valence-electron chi connectivity index (χ1n) is 5.82. The van der Waals surface area contributed by atoms with E-state index in [-0.39, 0.29) is 5.91 Å². The average Bonchev–Trinajstić information content (AvgIpc) is 2.83. The molecule has 0 aliphatic heterocycles. The maximum Gasteiger partial charge on any atom is 0.283 e. The van der Waals surface area contributed by atoms with Crippen molar-refractivity contribution in [3.8, 4) is 5.69 Å². The van der Waals surface area contributed by atoms with Crippen molar-refractivity contribution in [3.05, 3.63) is 47.3 Å². The molecule has 18 heavy (non-hydrogen) atoms. The molecule has 0 aliphatic carbocycles. The number of benzene rings is 1. The van der Waals surface area contributed by atoms with Crippen LogP contribution in [0.2, 0.25) is 0 Å². The summed E-state index contributed by atoms with van der Waals surface area (Å²) in [4.78, 5) is 11.7. The number of carbonyl (C=O) groups excluding carboxylic acids is 1. The fourth-order valence-electron chi connectivity index (χ4n) is 1.72. The highest BCUT2D eigenvalue weighted by Gasteiger charge is 2.14. The summed E-state index contributed by atoms with van der Waals surface area (Å²) in [6.45, 7) is 4.00. The lowest BCUT2D eigenvalue weighted by atomic mass is 10.2. The average molecular weight is 244 g/mol. The molecule has 1 aromatic heterocycles. The zero-order valence-corrected chi connectivity index (χ0v) is 10.5. The first-order chi connectivity index (χ1) is 8.65. The normalized spacial score (nSPS) is 10.4. The molecule has 0 aliphatic rings. The van der Waals surface area contributed by atoms with E-state index in [4.69, 9.17) is 5.84 Å². The molecular weight excluding hydrogens is 228 g/mol. The van der Waals surface area contributed by atoms with Gasteiger partial charge in [-0.05, 0) is 31.5 Å². The van der Waals surface area contributed by atoms with Crippen LogP contribution in [-0.4, -0.2) is 15.7 Å². The van der Waals surface area contributed by atoms with E-state index in [1.807, 2.05) is 38.1 Å². The van der Waals surface area contributed by atoms with Crippen LogP contribution in [0.15, 0.2) is 30.3 Å². The zero-order valence-electron chi connectivity index (χ0n) is 10.5. The molecule has 3 N–H and O–H groups in total. The van der Waals surface area contributed by atoms with E-state index < -0.39 is 0 Å². The van der Waals surface area contributed by atoms with E-state index in [1.54, 1.807) is 10.7 Å². The Labute approximate surface area is 106 Å². The van der Waals surface area contributed by atoms with E-state index in [0.717, 1.165) is 23.4 Å². The number of aryl methyl sites for hydroxylation is 2. The highest BCUT2D eigenvalue weighted by molar-refractivity contribution is 5.92. The first kappa shape index (κ1) is 12.3. The molecule has 94 valence electrons. The number of amides is 1. The van der Waals surface area contributed by atoms with E-state index in [0.29, 0.717) is 5.69 Å². The molecule has 5 heteroatoms. The molecule has 2 aromatic rings. The van der Waals surface area contributed by atoms with Gasteiger partial charge in [0, 0.05) is 0 Å². The van der Waals surface area contributed by atoms with Crippen LogP contribution in [0.5, 0.6) is 0 Å². The quantitative estimate of drug-likeness (QED) is 0.486. The number of carbonyl (C=O) groups is 1. The van der Waals surface area contributed by atoms with Crippen molar-refractivity contribution in [1.82, 2.24) is 15.2 Å². The number of hydrogen-bond donors (Lipinski definition) is 2. The Balaban J connectivity index is 2.51. The van der Waals surface area contributed by atoms with E-state index in [9.17, 15) is 4.79 Å². The van der Waals surface area contributed by atoms with Gasteiger partial charge >= 0.3 is 0 Å². The summed E-state index contributed by atoms with van der Waals surface area (Å²) < 4.78 is 1.61. The minimum absolute atomic E-state index is 0.345. The topological polar surface area (TPSA) is 72.9 Å². The molecule has 0 atom stereocenters. The van der Waals surface area contributed by atoms with Gasteiger partial charge in [0.15, 0.2) is 0 Å². The lowest BCUT2D eigenvalue weighted by Crippen LogP contribution is -2.31. The van der Waals surface area contributed by atoms with Gasteiger partial charge in [-0.15, -0.1) is 0 Å². The van der Waals surface area contributed by atoms with Crippen molar-refractivity contribution in [2.45, 2.75) is 20.3 Å². The SMILES string of the molecule is CCc1cc(C(=O)NN)n(-c2ccc(C)cc2)n1. The van der Waals surface area contributed by atoms with Gasteiger partial charge < -0.3 is 0 Å². The van der Waals surface area contributed by atoms with Crippen LogP contribution < -0.4 is 11.3 Å². The first-order valence-corrected chi connectivity index (χ1v) is 5.82. The molecule has 0 unspecified atom stereocenters. The van der Waals surface area contributed by atoms with Crippen molar-refractivity contribution in [1.29, 1.82) is 0 Å². The Morgan fingerprint density at radius 1 is 1.39 bits per heavy atom. The van der Waals surface area contributed by atoms with Crippen LogP contribution in [0, 0.1) is 6.92 Å². The summed E-state index contributed by atoms with van der Waals surface area (Å²) in [5.74, 6) is 4.84. The van der Waals surface area contributed by atoms with Crippen LogP contribution in [0.3, 0.4) is 0 Å². The van der Waals surface area contributed by atoms with Gasteiger partial charge in [-0.1, -0.05) is 24.6 Å². The molecule has 5 nitrogen and oxygen atoms in total. The van der Waals surface area contributed by atoms with Crippen LogP contribution in [0.25, 0.3) is 5.69 Å². The highest BCUT2D eigenvalue weighted by atomic mass is 16.2. The molecule has 0 saturated carbocycles. The summed E-state index contributed by atoms with van der Waals surface area (Å²) in [7, 11) is 0. The predicted molar refractivity (Wildman–Crippen MR) is 69.3 cm³/mol. The van der Waals surface area contributed by atoms with Gasteiger partial charge in [-0.3, -0.25) is 10.2 Å². The summed E-state index contributed by atoms with van der Waals surface area (Å²) in [5.41, 5.74) is 5.44. The number of aromatic nitrogens is 2. The summed E-state index contributed by atoms with van der Waals surface area (Å²) in [6, 6.07) is 9.56. The summed E-state index contributed by atoms with van der Waals surface area (Å²) in [6.07, 6.45) is 0.768. The second-order valence-electron chi connectivity index (χ2n) is 4.10. The Morgan fingerprint density at radius 2 is 2.06 bits per heavy atom. The van der Waals surface area contributed by atoms with Crippen molar-refractivity contribution in [2.24, 2.45) is 5.84 Å². The molecule has 0 bridgehead atoms. The van der Waals surface area contributed by atoms with Gasteiger partial charge in [0.2, 0.25) is 0 Å². The van der Waals surface area contributed by atoms with Crippen LogP contribution in [0.1, 0.15) is 28.7 Å². The lowest BCUT2D eigenvalue weighted by molar-refractivity contribution is 0.0946. The number of nitrogen functional groups attached to an aromatic ring is 1. The third kappa shape index (κ3) is 2.26. The van der Waals surface area contributed by atoms with Crippen molar-refractivity contribution in [2.75, 3.05) is 0 Å². The number of hydrazine groups is 1. The van der Waals surface area contributed by atoms with Gasteiger partial charge in [-0.25, -0.2) is 10.5 Å². The fourth-order valence-corrected chi connectivity index (χ4v) is 1.72. The zero-order chi connectivity index (χ0) is 13.1. The third-order valence-corrected chi connectivity index (χ3v) is 2.76. The maximum atomic E-state index is 11.7. The molecule has 0 radical (unpaired) electrons. The molecular formula is C13H16N4O. The van der Waals surface area contributed by atoms with Crippen molar-refractivity contribution in [3.63, 3.8) is 0 Å². The highest BCUT2D eigenvalue weighted by Crippen LogP contribution is 2.14. The van der Waals surface area contributed by atoms with Gasteiger partial charge in [-0.2, -0.15) is 5.10 Å². The standard InChI is InChI=1S/C13H16N4O/c1-3-10-8-12(13(18)15-14)17(16-10)11-6-4-9(2)5-7-11/h4-8H,3,14H2,1-2H3,(H,15,18). The minimum atomic E-state index is -0.345. The second-order valence-corrected chi connectivity index (χ2v) is 4.10. The lowest BCUT2D eigenvalue weighted by Gasteiger charge is -2.06. The Bertz CT molecular complexity index is 557. The van der Waals surface area contributed by atoms with Crippen molar-refractivity contribution < 1.29 is 4.79 Å². The van der Waals surface area contributed by atoms with Crippen molar-refractivity contribution >= 4 is 5.91 Å². The molecule has 1 aromatic carbocycles. The molecule has 1 amide bonds. The number of hydrogen-bond acceptors (Lipinski definition) is 3. The summed E-state index contributed by atoms with van der Waals surface area (Å²) >= 11 is 0. The molecule has 0 saturated heterocycles. The van der Waals surface area contributed by atoms with E-state index >= 15 is 0 Å². The second kappa shape index (κ2) is 5.01. The third-order valence-electron chi connectivity index (χ3n) is 2.76. The smallest absolute Gasteiger partial charge is 0.283 e. The molecule has 0 spiro atoms. The maximum absolute atomic E-state index is 11.7. The Hall–Kier alpha value is -2.14. The molecule has 0 fully saturated rings. The minimum Gasteiger partial charge on any atom is -0.289 e. The number of nitrogens with two attached hydrogens (primary N) is 1. The van der Waals surface area contributed by atoms with Gasteiger partial charge in [0.1, 0.15) is 5.69 Å². The monoisotopic (exact) mass is 244 g/mol. The predicted octanol–water partition coefficient (Wildman–Crippen LogP) is 1.35. The van der Waals surface area contributed by atoms with Gasteiger partial charge in [0.25, 0.3) is 5.91 Å². The molecule has 1 heterocycles. The number of rotatable bonds is 3. The largest absolute Gasteiger partial charge is 0.289 e. The Kier molecular flexibility index (Phi) is 3.43. The fraction of sp³-hybridized carbons (Fsp3) is 0.231. The molecule has 2 rings (SSSR count). The summed E-state index contributed by atoms with van der Waals surface area (Å²) in [5, 5.41) is 4.40. The van der Waals surface area contributed by atoms with Gasteiger partial charge in [0.05, 0.1) is 11.4 Å². The number of nitrogens with zero attached hydrogens (tertiary/aromatic N) is 2. The van der Waals surface area contributed by atoms with E-state index in [2.05, 4.69) is 10.5 Å². The van der Waals surface area contributed by atoms with E-state index in [1.165, 1.54) is 0 Å². The van der Waals surface area contributed by atoms with Crippen LogP contribution in [-0.2, 0) is 6.42 Å². The Morgan fingerprint density at radius 3 is 2.61 bits per heavy atom. The number of nitrogens with one attached hydrogen (secondary N) is 1.